The molecule has 1 aromatic heterocycles. The number of carbonyl (C=O) groups is 2. The molecule has 0 aliphatic rings. The van der Waals surface area contributed by atoms with Crippen LogP contribution in [0.5, 0.6) is 0 Å². The number of aromatic nitrogens is 1. The maximum absolute atomic E-state index is 13.2. The third-order valence-corrected chi connectivity index (χ3v) is 5.57. The topological polar surface area (TPSA) is 113 Å². The van der Waals surface area contributed by atoms with Crippen LogP contribution >= 0.6 is 11.6 Å². The summed E-state index contributed by atoms with van der Waals surface area (Å²) in [6, 6.07) is 13.0. The lowest BCUT2D eigenvalue weighted by Crippen LogP contribution is -2.43. The van der Waals surface area contributed by atoms with Crippen molar-refractivity contribution in [3.8, 4) is 0 Å². The number of rotatable bonds is 12. The highest BCUT2D eigenvalue weighted by Crippen LogP contribution is 2.17. The Kier molecular flexibility index (Phi) is 10.2. The molecule has 0 saturated carbocycles. The number of hydrogen-bond donors (Lipinski definition) is 4. The molecule has 3 aromatic rings. The molecule has 0 fully saturated rings. The summed E-state index contributed by atoms with van der Waals surface area (Å²) in [6.45, 7) is 0.285. The molecule has 1 heterocycles. The molecular weight excluding hydrogens is 475 g/mol. The summed E-state index contributed by atoms with van der Waals surface area (Å²) in [7, 11) is 0. The molecule has 0 radical (unpaired) electrons. The Morgan fingerprint density at radius 1 is 1.11 bits per heavy atom. The highest BCUT2D eigenvalue weighted by molar-refractivity contribution is 6.31. The number of aliphatic hydroxyl groups is 1. The molecular formula is C25H28ClFN4O4. The van der Waals surface area contributed by atoms with E-state index in [1.807, 2.05) is 24.3 Å². The summed E-state index contributed by atoms with van der Waals surface area (Å²) in [6.07, 6.45) is 2.73. The molecule has 10 heteroatoms. The predicted molar refractivity (Wildman–Crippen MR) is 133 cm³/mol. The Balaban J connectivity index is 1.47. The average Bonchev–Trinajstić information content (AvgIpc) is 2.84. The zero-order chi connectivity index (χ0) is 25.0. The summed E-state index contributed by atoms with van der Waals surface area (Å²) in [5.74, 6) is -0.363. The minimum atomic E-state index is -0.682. The molecule has 0 unspecified atom stereocenters. The Bertz CT molecular complexity index is 1150. The Morgan fingerprint density at radius 2 is 1.91 bits per heavy atom. The summed E-state index contributed by atoms with van der Waals surface area (Å²) in [4.78, 5) is 28.9. The first kappa shape index (κ1) is 26.3. The third kappa shape index (κ3) is 8.79. The summed E-state index contributed by atoms with van der Waals surface area (Å²) in [5, 5.41) is 19.6. The van der Waals surface area contributed by atoms with E-state index < -0.39 is 18.0 Å². The Labute approximate surface area is 207 Å². The second kappa shape index (κ2) is 13.6. The number of amides is 2. The molecule has 0 aliphatic heterocycles. The van der Waals surface area contributed by atoms with Crippen LogP contribution in [-0.2, 0) is 16.1 Å². The molecule has 0 spiro atoms. The van der Waals surface area contributed by atoms with Crippen LogP contribution in [0.1, 0.15) is 24.8 Å². The van der Waals surface area contributed by atoms with Gasteiger partial charge in [0.2, 0.25) is 5.91 Å². The van der Waals surface area contributed by atoms with Crippen molar-refractivity contribution < 1.29 is 23.8 Å². The number of nitrogens with zero attached hydrogens (tertiary/aromatic N) is 1. The average molecular weight is 503 g/mol. The van der Waals surface area contributed by atoms with Crippen LogP contribution in [0.4, 0.5) is 15.0 Å². The van der Waals surface area contributed by atoms with Gasteiger partial charge in [-0.25, -0.2) is 14.2 Å². The fourth-order valence-corrected chi connectivity index (χ4v) is 3.66. The molecule has 186 valence electrons. The van der Waals surface area contributed by atoms with Gasteiger partial charge in [-0.1, -0.05) is 41.9 Å². The molecule has 35 heavy (non-hydrogen) atoms. The molecule has 0 bridgehead atoms. The van der Waals surface area contributed by atoms with Crippen molar-refractivity contribution >= 4 is 40.2 Å². The van der Waals surface area contributed by atoms with E-state index in [2.05, 4.69) is 20.9 Å². The monoisotopic (exact) mass is 502 g/mol. The van der Waals surface area contributed by atoms with Crippen molar-refractivity contribution in [2.24, 2.45) is 0 Å². The van der Waals surface area contributed by atoms with Gasteiger partial charge in [-0.2, -0.15) is 0 Å². The fourth-order valence-electron chi connectivity index (χ4n) is 3.42. The lowest BCUT2D eigenvalue weighted by molar-refractivity contribution is -0.121. The highest BCUT2D eigenvalue weighted by Gasteiger charge is 2.15. The van der Waals surface area contributed by atoms with Gasteiger partial charge in [0.1, 0.15) is 18.2 Å². The third-order valence-electron chi connectivity index (χ3n) is 5.22. The van der Waals surface area contributed by atoms with E-state index in [0.29, 0.717) is 37.2 Å². The van der Waals surface area contributed by atoms with Crippen molar-refractivity contribution in [2.45, 2.75) is 31.8 Å². The number of unbranched alkanes of at least 4 members (excludes halogenated alkanes) is 1. The van der Waals surface area contributed by atoms with E-state index in [9.17, 15) is 14.0 Å². The maximum atomic E-state index is 13.2. The maximum Gasteiger partial charge on any atom is 0.412 e. The molecule has 3 rings (SSSR count). The van der Waals surface area contributed by atoms with Crippen molar-refractivity contribution in [3.63, 3.8) is 0 Å². The standard InChI is InChI=1S/C25H28ClFN4O4/c26-22-12-20(27)9-8-19(22)13-28-15-24(33)30-21(7-3-4-10-32)16-35-25(34)31-23-11-17-5-1-2-6-18(17)14-29-23/h1-2,5-6,8-9,11-12,14,21,28,32H,3-4,7,10,13,15-16H2,(H,30,33)(H,29,31,34)/t21-/m0/s1. The molecule has 2 aromatic carbocycles. The van der Waals surface area contributed by atoms with Crippen molar-refractivity contribution in [1.82, 2.24) is 15.6 Å². The number of nitrogens with one attached hydrogen (secondary N) is 3. The number of halogens is 2. The van der Waals surface area contributed by atoms with Crippen LogP contribution in [-0.4, -0.2) is 47.9 Å². The van der Waals surface area contributed by atoms with Gasteiger partial charge in [0.15, 0.2) is 0 Å². The molecule has 0 aliphatic carbocycles. The predicted octanol–water partition coefficient (Wildman–Crippen LogP) is 4.01. The summed E-state index contributed by atoms with van der Waals surface area (Å²) >= 11 is 6.00. The van der Waals surface area contributed by atoms with Crippen LogP contribution in [0, 0.1) is 5.82 Å². The van der Waals surface area contributed by atoms with Gasteiger partial charge in [0.05, 0.1) is 12.6 Å². The van der Waals surface area contributed by atoms with E-state index in [4.69, 9.17) is 21.4 Å². The van der Waals surface area contributed by atoms with Crippen LogP contribution < -0.4 is 16.0 Å². The van der Waals surface area contributed by atoms with Gasteiger partial charge in [-0.05, 0) is 48.4 Å². The number of anilines is 1. The van der Waals surface area contributed by atoms with Crippen molar-refractivity contribution in [1.29, 1.82) is 0 Å². The fraction of sp³-hybridized carbons (Fsp3) is 0.320. The highest BCUT2D eigenvalue weighted by atomic mass is 35.5. The zero-order valence-electron chi connectivity index (χ0n) is 19.1. The van der Waals surface area contributed by atoms with Crippen molar-refractivity contribution in [3.05, 3.63) is 71.1 Å². The lowest BCUT2D eigenvalue weighted by Gasteiger charge is -2.19. The number of aliphatic hydroxyl groups excluding tert-OH is 1. The normalized spacial score (nSPS) is 11.7. The molecule has 0 saturated heterocycles. The number of ether oxygens (including phenoxy) is 1. The van der Waals surface area contributed by atoms with E-state index in [-0.39, 0.29) is 30.7 Å². The smallest absolute Gasteiger partial charge is 0.412 e. The Morgan fingerprint density at radius 3 is 2.69 bits per heavy atom. The number of carbonyl (C=O) groups excluding carboxylic acids is 2. The lowest BCUT2D eigenvalue weighted by atomic mass is 10.1. The van der Waals surface area contributed by atoms with Gasteiger partial charge in [0, 0.05) is 29.8 Å². The summed E-state index contributed by atoms with van der Waals surface area (Å²) < 4.78 is 18.5. The van der Waals surface area contributed by atoms with Gasteiger partial charge >= 0.3 is 6.09 Å². The zero-order valence-corrected chi connectivity index (χ0v) is 19.9. The van der Waals surface area contributed by atoms with E-state index >= 15 is 0 Å². The number of fused-ring (bicyclic) bond motifs is 1. The Hall–Kier alpha value is -3.27. The van der Waals surface area contributed by atoms with Crippen LogP contribution in [0.25, 0.3) is 10.8 Å². The molecule has 1 atom stereocenters. The van der Waals surface area contributed by atoms with E-state index in [0.717, 1.165) is 10.8 Å². The van der Waals surface area contributed by atoms with E-state index in [1.54, 1.807) is 18.3 Å². The number of benzene rings is 2. The van der Waals surface area contributed by atoms with Gasteiger partial charge in [0.25, 0.3) is 0 Å². The number of hydrogen-bond acceptors (Lipinski definition) is 6. The van der Waals surface area contributed by atoms with Gasteiger partial charge in [-0.3, -0.25) is 10.1 Å². The van der Waals surface area contributed by atoms with Gasteiger partial charge in [-0.15, -0.1) is 0 Å². The van der Waals surface area contributed by atoms with Crippen LogP contribution in [0.2, 0.25) is 5.02 Å². The minimum Gasteiger partial charge on any atom is -0.447 e. The first-order chi connectivity index (χ1) is 16.9. The molecule has 8 nitrogen and oxygen atoms in total. The van der Waals surface area contributed by atoms with Crippen LogP contribution in [0.3, 0.4) is 0 Å². The quantitative estimate of drug-likeness (QED) is 0.278. The minimum absolute atomic E-state index is 0.00257. The first-order valence-electron chi connectivity index (χ1n) is 11.3. The SMILES string of the molecule is O=C(CNCc1ccc(F)cc1Cl)N[C@@H](CCCCO)COC(=O)Nc1cc2ccccc2cn1. The summed E-state index contributed by atoms with van der Waals surface area (Å²) in [5.41, 5.74) is 0.669. The second-order valence-corrected chi connectivity index (χ2v) is 8.37. The second-order valence-electron chi connectivity index (χ2n) is 7.96. The number of pyridine rings is 1. The van der Waals surface area contributed by atoms with Crippen molar-refractivity contribution in [2.75, 3.05) is 25.1 Å². The van der Waals surface area contributed by atoms with Gasteiger partial charge < -0.3 is 20.5 Å². The molecule has 2 amide bonds. The largest absolute Gasteiger partial charge is 0.447 e. The molecule has 4 N–H and O–H groups in total. The first-order valence-corrected chi connectivity index (χ1v) is 11.7. The van der Waals surface area contributed by atoms with Crippen LogP contribution in [0.15, 0.2) is 54.7 Å². The van der Waals surface area contributed by atoms with E-state index in [1.165, 1.54) is 12.1 Å².